The monoisotopic (exact) mass is 369 g/mol. The van der Waals surface area contributed by atoms with E-state index in [4.69, 9.17) is 20.5 Å². The highest BCUT2D eigenvalue weighted by Gasteiger charge is 2.27. The van der Waals surface area contributed by atoms with E-state index in [0.29, 0.717) is 28.9 Å². The van der Waals surface area contributed by atoms with E-state index in [1.54, 1.807) is 24.3 Å². The summed E-state index contributed by atoms with van der Waals surface area (Å²) in [6.45, 7) is 1.27. The van der Waals surface area contributed by atoms with Crippen molar-refractivity contribution < 1.29 is 13.3 Å². The van der Waals surface area contributed by atoms with Crippen molar-refractivity contribution in [2.45, 2.75) is 13.0 Å². The molecule has 5 rings (SSSR count). The van der Waals surface area contributed by atoms with Crippen LogP contribution in [-0.4, -0.2) is 16.7 Å². The number of benzene rings is 2. The summed E-state index contributed by atoms with van der Waals surface area (Å²) in [6, 6.07) is 12.2. The number of nitrogens with zero attached hydrogens (tertiary/aromatic N) is 3. The molecule has 26 heavy (non-hydrogen) atoms. The maximum Gasteiger partial charge on any atom is 0.298 e. The SMILES string of the molecule is Fc1ccc(-c2onc3c2CCN(c2nc4cc(Cl)ccc4o2)C3)cc1. The molecule has 0 N–H and O–H groups in total. The second-order valence-electron chi connectivity index (χ2n) is 6.22. The highest BCUT2D eigenvalue weighted by molar-refractivity contribution is 6.31. The summed E-state index contributed by atoms with van der Waals surface area (Å²) in [5, 5.41) is 4.82. The van der Waals surface area contributed by atoms with Crippen LogP contribution in [0.25, 0.3) is 22.4 Å². The Morgan fingerprint density at radius 2 is 1.96 bits per heavy atom. The van der Waals surface area contributed by atoms with Crippen molar-refractivity contribution in [2.75, 3.05) is 11.4 Å². The lowest BCUT2D eigenvalue weighted by atomic mass is 10.0. The highest BCUT2D eigenvalue weighted by atomic mass is 35.5. The third-order valence-corrected chi connectivity index (χ3v) is 4.79. The van der Waals surface area contributed by atoms with Crippen LogP contribution in [0.1, 0.15) is 11.3 Å². The topological polar surface area (TPSA) is 55.3 Å². The predicted molar refractivity (Wildman–Crippen MR) is 95.7 cm³/mol. The number of aromatic nitrogens is 2. The molecular weight excluding hydrogens is 357 g/mol. The molecule has 1 aliphatic heterocycles. The standard InChI is InChI=1S/C19H13ClFN3O2/c20-12-3-6-17-15(9-12)22-19(25-17)24-8-7-14-16(10-24)23-26-18(14)11-1-4-13(21)5-2-11/h1-6,9H,7-8,10H2. The van der Waals surface area contributed by atoms with Gasteiger partial charge in [-0.25, -0.2) is 4.39 Å². The Labute approximate surface area is 153 Å². The van der Waals surface area contributed by atoms with Crippen molar-refractivity contribution in [3.05, 3.63) is 64.6 Å². The zero-order valence-electron chi connectivity index (χ0n) is 13.6. The molecular formula is C19H13ClFN3O2. The smallest absolute Gasteiger partial charge is 0.298 e. The van der Waals surface area contributed by atoms with Gasteiger partial charge in [0.2, 0.25) is 0 Å². The molecule has 0 saturated carbocycles. The van der Waals surface area contributed by atoms with E-state index in [1.165, 1.54) is 12.1 Å². The average molecular weight is 370 g/mol. The van der Waals surface area contributed by atoms with Crippen LogP contribution in [0.2, 0.25) is 5.02 Å². The van der Waals surface area contributed by atoms with Crippen LogP contribution in [0.15, 0.2) is 51.4 Å². The number of oxazole rings is 1. The van der Waals surface area contributed by atoms with E-state index in [2.05, 4.69) is 10.1 Å². The van der Waals surface area contributed by atoms with E-state index in [1.807, 2.05) is 11.0 Å². The van der Waals surface area contributed by atoms with Crippen molar-refractivity contribution in [1.29, 1.82) is 0 Å². The first kappa shape index (κ1) is 15.4. The molecule has 0 unspecified atom stereocenters. The molecule has 0 fully saturated rings. The van der Waals surface area contributed by atoms with E-state index < -0.39 is 0 Å². The van der Waals surface area contributed by atoms with E-state index in [-0.39, 0.29) is 5.82 Å². The molecule has 7 heteroatoms. The number of fused-ring (bicyclic) bond motifs is 2. The van der Waals surface area contributed by atoms with E-state index >= 15 is 0 Å². The van der Waals surface area contributed by atoms with Crippen LogP contribution in [0.3, 0.4) is 0 Å². The van der Waals surface area contributed by atoms with Gasteiger partial charge in [0, 0.05) is 22.7 Å². The van der Waals surface area contributed by atoms with Gasteiger partial charge in [0.25, 0.3) is 6.01 Å². The fraction of sp³-hybridized carbons (Fsp3) is 0.158. The number of anilines is 1. The Hall–Kier alpha value is -2.86. The Kier molecular flexibility index (Phi) is 3.46. The van der Waals surface area contributed by atoms with Crippen LogP contribution in [0.5, 0.6) is 0 Å². The molecule has 0 atom stereocenters. The van der Waals surface area contributed by atoms with Crippen LogP contribution in [-0.2, 0) is 13.0 Å². The molecule has 130 valence electrons. The summed E-state index contributed by atoms with van der Waals surface area (Å²) in [5.41, 5.74) is 4.14. The Bertz CT molecular complexity index is 1100. The first-order valence-corrected chi connectivity index (χ1v) is 8.59. The van der Waals surface area contributed by atoms with E-state index in [9.17, 15) is 4.39 Å². The minimum atomic E-state index is -0.274. The summed E-state index contributed by atoms with van der Waals surface area (Å²) in [4.78, 5) is 6.54. The van der Waals surface area contributed by atoms with Gasteiger partial charge >= 0.3 is 0 Å². The van der Waals surface area contributed by atoms with Crippen molar-refractivity contribution in [3.63, 3.8) is 0 Å². The number of rotatable bonds is 2. The van der Waals surface area contributed by atoms with Gasteiger partial charge in [0.1, 0.15) is 17.0 Å². The quantitative estimate of drug-likeness (QED) is 0.506. The minimum Gasteiger partial charge on any atom is -0.423 e. The summed E-state index contributed by atoms with van der Waals surface area (Å²) in [7, 11) is 0. The fourth-order valence-electron chi connectivity index (χ4n) is 3.25. The number of hydrogen-bond donors (Lipinski definition) is 0. The van der Waals surface area contributed by atoms with Crippen molar-refractivity contribution in [3.8, 4) is 11.3 Å². The first-order valence-electron chi connectivity index (χ1n) is 8.22. The van der Waals surface area contributed by atoms with Gasteiger partial charge in [-0.15, -0.1) is 0 Å². The fourth-order valence-corrected chi connectivity index (χ4v) is 3.41. The summed E-state index contributed by atoms with van der Waals surface area (Å²) in [5.74, 6) is 0.424. The maximum atomic E-state index is 13.1. The molecule has 0 amide bonds. The second-order valence-corrected chi connectivity index (χ2v) is 6.66. The molecule has 0 aliphatic carbocycles. The zero-order chi connectivity index (χ0) is 17.7. The normalized spacial score (nSPS) is 14.0. The second kappa shape index (κ2) is 5.85. The molecule has 0 radical (unpaired) electrons. The Balaban J connectivity index is 1.45. The molecule has 0 saturated heterocycles. The largest absolute Gasteiger partial charge is 0.423 e. The maximum absolute atomic E-state index is 13.1. The summed E-state index contributed by atoms with van der Waals surface area (Å²) in [6.07, 6.45) is 0.741. The predicted octanol–water partition coefficient (Wildman–Crippen LogP) is 4.84. The Morgan fingerprint density at radius 1 is 1.12 bits per heavy atom. The minimum absolute atomic E-state index is 0.274. The van der Waals surface area contributed by atoms with Crippen molar-refractivity contribution >= 4 is 28.7 Å². The molecule has 3 heterocycles. The zero-order valence-corrected chi connectivity index (χ0v) is 14.3. The van der Waals surface area contributed by atoms with Crippen LogP contribution in [0, 0.1) is 5.82 Å². The molecule has 1 aliphatic rings. The van der Waals surface area contributed by atoms with Gasteiger partial charge in [-0.05, 0) is 48.9 Å². The summed E-state index contributed by atoms with van der Waals surface area (Å²) >= 11 is 6.01. The first-order chi connectivity index (χ1) is 12.7. The lowest BCUT2D eigenvalue weighted by Crippen LogP contribution is -2.30. The molecule has 4 aromatic rings. The number of hydrogen-bond acceptors (Lipinski definition) is 5. The number of halogens is 2. The van der Waals surface area contributed by atoms with Crippen LogP contribution < -0.4 is 4.90 Å². The third kappa shape index (κ3) is 2.54. The Morgan fingerprint density at radius 3 is 2.81 bits per heavy atom. The molecule has 0 spiro atoms. The lowest BCUT2D eigenvalue weighted by molar-refractivity contribution is 0.422. The third-order valence-electron chi connectivity index (χ3n) is 4.56. The highest BCUT2D eigenvalue weighted by Crippen LogP contribution is 2.33. The molecule has 2 aromatic carbocycles. The molecule has 2 aromatic heterocycles. The van der Waals surface area contributed by atoms with Gasteiger partial charge < -0.3 is 13.8 Å². The van der Waals surface area contributed by atoms with Gasteiger partial charge in [-0.3, -0.25) is 0 Å². The van der Waals surface area contributed by atoms with Crippen LogP contribution in [0.4, 0.5) is 10.4 Å². The van der Waals surface area contributed by atoms with Gasteiger partial charge in [-0.1, -0.05) is 16.8 Å². The summed E-state index contributed by atoms with van der Waals surface area (Å²) < 4.78 is 24.5. The van der Waals surface area contributed by atoms with Gasteiger partial charge in [0.15, 0.2) is 11.3 Å². The molecule has 5 nitrogen and oxygen atoms in total. The van der Waals surface area contributed by atoms with Gasteiger partial charge in [-0.2, -0.15) is 4.98 Å². The molecule has 0 bridgehead atoms. The van der Waals surface area contributed by atoms with Crippen LogP contribution >= 0.6 is 11.6 Å². The van der Waals surface area contributed by atoms with Crippen molar-refractivity contribution in [2.24, 2.45) is 0 Å². The lowest BCUT2D eigenvalue weighted by Gasteiger charge is -2.24. The van der Waals surface area contributed by atoms with Crippen molar-refractivity contribution in [1.82, 2.24) is 10.1 Å². The van der Waals surface area contributed by atoms with E-state index in [0.717, 1.165) is 35.3 Å². The average Bonchev–Trinajstić information content (AvgIpc) is 3.25. The van der Waals surface area contributed by atoms with Gasteiger partial charge in [0.05, 0.1) is 6.54 Å².